The van der Waals surface area contributed by atoms with E-state index in [-0.39, 0.29) is 11.0 Å². The van der Waals surface area contributed by atoms with E-state index >= 15 is 0 Å². The Morgan fingerprint density at radius 1 is 1.10 bits per heavy atom. The summed E-state index contributed by atoms with van der Waals surface area (Å²) in [6.07, 6.45) is 8.99. The van der Waals surface area contributed by atoms with Gasteiger partial charge in [-0.1, -0.05) is 51.1 Å². The molecule has 1 aromatic rings. The summed E-state index contributed by atoms with van der Waals surface area (Å²) in [6, 6.07) is 11.0. The SMILES string of the molecule is CC(C)C1(/C(C=NCCC(C)C2(c3ccccc3)CCOCC2)=C/N)CCCO1. The number of benzene rings is 1. The summed E-state index contributed by atoms with van der Waals surface area (Å²) in [5.74, 6) is 0.923. The zero-order valence-electron chi connectivity index (χ0n) is 18.4. The van der Waals surface area contributed by atoms with Crippen molar-refractivity contribution in [2.24, 2.45) is 22.6 Å². The molecular weight excluding hydrogens is 360 g/mol. The lowest BCUT2D eigenvalue weighted by molar-refractivity contribution is 0.00310. The summed E-state index contributed by atoms with van der Waals surface area (Å²) >= 11 is 0. The van der Waals surface area contributed by atoms with E-state index in [0.29, 0.717) is 11.8 Å². The van der Waals surface area contributed by atoms with Crippen LogP contribution in [0.2, 0.25) is 0 Å². The van der Waals surface area contributed by atoms with Crippen LogP contribution in [0.25, 0.3) is 0 Å². The Hall–Kier alpha value is -1.65. The Kier molecular flexibility index (Phi) is 7.53. The van der Waals surface area contributed by atoms with Gasteiger partial charge in [0.25, 0.3) is 0 Å². The van der Waals surface area contributed by atoms with Crippen molar-refractivity contribution < 1.29 is 9.47 Å². The van der Waals surface area contributed by atoms with E-state index in [9.17, 15) is 0 Å². The second-order valence-corrected chi connectivity index (χ2v) is 8.98. The minimum absolute atomic E-state index is 0.190. The van der Waals surface area contributed by atoms with Gasteiger partial charge < -0.3 is 15.2 Å². The van der Waals surface area contributed by atoms with Crippen LogP contribution in [0.5, 0.6) is 0 Å². The number of nitrogens with zero attached hydrogens (tertiary/aromatic N) is 1. The van der Waals surface area contributed by atoms with Gasteiger partial charge >= 0.3 is 0 Å². The topological polar surface area (TPSA) is 56.8 Å². The third-order valence-corrected chi connectivity index (χ3v) is 7.25. The molecule has 0 radical (unpaired) electrons. The van der Waals surface area contributed by atoms with Gasteiger partial charge in [0, 0.05) is 49.8 Å². The molecule has 2 aliphatic rings. The number of hydrogen-bond acceptors (Lipinski definition) is 4. The highest BCUT2D eigenvalue weighted by atomic mass is 16.5. The van der Waals surface area contributed by atoms with Crippen molar-refractivity contribution in [3.05, 3.63) is 47.7 Å². The molecule has 2 atom stereocenters. The van der Waals surface area contributed by atoms with Gasteiger partial charge in [0.2, 0.25) is 0 Å². The Morgan fingerprint density at radius 3 is 2.41 bits per heavy atom. The largest absolute Gasteiger partial charge is 0.404 e. The maximum absolute atomic E-state index is 6.15. The van der Waals surface area contributed by atoms with E-state index in [1.807, 2.05) is 6.21 Å². The highest BCUT2D eigenvalue weighted by Gasteiger charge is 2.41. The quantitative estimate of drug-likeness (QED) is 0.635. The fraction of sp³-hybridized carbons (Fsp3) is 0.640. The molecule has 2 heterocycles. The molecule has 0 aromatic heterocycles. The van der Waals surface area contributed by atoms with Crippen LogP contribution in [-0.4, -0.2) is 38.2 Å². The molecular formula is C25H38N2O2. The predicted octanol–water partition coefficient (Wildman–Crippen LogP) is 4.88. The fourth-order valence-corrected chi connectivity index (χ4v) is 5.25. The van der Waals surface area contributed by atoms with Gasteiger partial charge in [0.1, 0.15) is 0 Å². The van der Waals surface area contributed by atoms with Gasteiger partial charge in [-0.25, -0.2) is 0 Å². The number of aliphatic imine (C=N–C) groups is 1. The fourth-order valence-electron chi connectivity index (χ4n) is 5.25. The van der Waals surface area contributed by atoms with Gasteiger partial charge in [-0.2, -0.15) is 0 Å². The zero-order chi connectivity index (χ0) is 20.7. The molecule has 2 N–H and O–H groups in total. The normalized spacial score (nSPS) is 26.3. The molecule has 0 aliphatic carbocycles. The minimum atomic E-state index is -0.268. The predicted molar refractivity (Wildman–Crippen MR) is 120 cm³/mol. The van der Waals surface area contributed by atoms with Crippen LogP contribution < -0.4 is 5.73 Å². The van der Waals surface area contributed by atoms with Crippen molar-refractivity contribution >= 4 is 6.21 Å². The van der Waals surface area contributed by atoms with Crippen LogP contribution in [0.1, 0.15) is 58.4 Å². The summed E-state index contributed by atoms with van der Waals surface area (Å²) < 4.78 is 11.8. The summed E-state index contributed by atoms with van der Waals surface area (Å²) in [5.41, 5.74) is 8.38. The molecule has 0 saturated carbocycles. The van der Waals surface area contributed by atoms with Crippen molar-refractivity contribution in [1.82, 2.24) is 0 Å². The number of ether oxygens (including phenoxy) is 2. The second kappa shape index (κ2) is 9.90. The maximum Gasteiger partial charge on any atom is 0.0983 e. The van der Waals surface area contributed by atoms with Crippen molar-refractivity contribution in [3.63, 3.8) is 0 Å². The third-order valence-electron chi connectivity index (χ3n) is 7.25. The van der Waals surface area contributed by atoms with Gasteiger partial charge in [0.15, 0.2) is 0 Å². The highest BCUT2D eigenvalue weighted by molar-refractivity contribution is 5.81. The van der Waals surface area contributed by atoms with Crippen LogP contribution in [0.4, 0.5) is 0 Å². The Balaban J connectivity index is 1.66. The van der Waals surface area contributed by atoms with Crippen LogP contribution in [0.15, 0.2) is 47.1 Å². The number of rotatable bonds is 8. The van der Waals surface area contributed by atoms with Crippen molar-refractivity contribution in [2.75, 3.05) is 26.4 Å². The summed E-state index contributed by atoms with van der Waals surface area (Å²) in [6.45, 7) is 10.1. The first-order valence-electron chi connectivity index (χ1n) is 11.2. The molecule has 2 fully saturated rings. The van der Waals surface area contributed by atoms with Crippen LogP contribution in [0.3, 0.4) is 0 Å². The van der Waals surface area contributed by atoms with Gasteiger partial charge in [-0.3, -0.25) is 4.99 Å². The Labute approximate surface area is 176 Å². The standard InChI is InChI=1S/C25H38N2O2/c1-20(2)25(11-7-15-29-25)23(18-26)19-27-14-10-21(3)24(12-16-28-17-13-24)22-8-5-4-6-9-22/h4-6,8-9,18-21H,7,10-17,26H2,1-3H3/b23-18+,27-19?. The smallest absolute Gasteiger partial charge is 0.0983 e. The number of hydrogen-bond donors (Lipinski definition) is 1. The lowest BCUT2D eigenvalue weighted by Gasteiger charge is -2.42. The van der Waals surface area contributed by atoms with Gasteiger partial charge in [-0.05, 0) is 49.5 Å². The summed E-state index contributed by atoms with van der Waals surface area (Å²) in [5, 5.41) is 0. The van der Waals surface area contributed by atoms with Crippen LogP contribution in [-0.2, 0) is 14.9 Å². The summed E-state index contributed by atoms with van der Waals surface area (Å²) in [4.78, 5) is 4.79. The van der Waals surface area contributed by atoms with Gasteiger partial charge in [-0.15, -0.1) is 0 Å². The van der Waals surface area contributed by atoms with Crippen molar-refractivity contribution in [1.29, 1.82) is 0 Å². The van der Waals surface area contributed by atoms with E-state index in [4.69, 9.17) is 20.2 Å². The number of nitrogens with two attached hydrogens (primary N) is 1. The molecule has 0 spiro atoms. The summed E-state index contributed by atoms with van der Waals surface area (Å²) in [7, 11) is 0. The molecule has 29 heavy (non-hydrogen) atoms. The van der Waals surface area contributed by atoms with E-state index in [1.165, 1.54) is 5.56 Å². The molecule has 4 heteroatoms. The Morgan fingerprint density at radius 2 is 1.83 bits per heavy atom. The van der Waals surface area contributed by atoms with E-state index < -0.39 is 0 Å². The van der Waals surface area contributed by atoms with E-state index in [1.54, 1.807) is 6.20 Å². The zero-order valence-corrected chi connectivity index (χ0v) is 18.4. The van der Waals surface area contributed by atoms with Crippen molar-refractivity contribution in [2.45, 2.75) is 63.9 Å². The van der Waals surface area contributed by atoms with Crippen LogP contribution >= 0.6 is 0 Å². The molecule has 0 amide bonds. The van der Waals surface area contributed by atoms with Crippen molar-refractivity contribution in [3.8, 4) is 0 Å². The van der Waals surface area contributed by atoms with E-state index in [0.717, 1.165) is 64.0 Å². The van der Waals surface area contributed by atoms with Gasteiger partial charge in [0.05, 0.1) is 5.60 Å². The first kappa shape index (κ1) is 22.0. The average molecular weight is 399 g/mol. The molecule has 2 unspecified atom stereocenters. The average Bonchev–Trinajstić information content (AvgIpc) is 3.26. The maximum atomic E-state index is 6.15. The highest BCUT2D eigenvalue weighted by Crippen LogP contribution is 2.43. The molecule has 4 nitrogen and oxygen atoms in total. The lowest BCUT2D eigenvalue weighted by Crippen LogP contribution is -2.40. The second-order valence-electron chi connectivity index (χ2n) is 8.98. The molecule has 2 aliphatic heterocycles. The minimum Gasteiger partial charge on any atom is -0.404 e. The first-order valence-corrected chi connectivity index (χ1v) is 11.2. The molecule has 0 bridgehead atoms. The first-order chi connectivity index (χ1) is 14.0. The molecule has 3 rings (SSSR count). The van der Waals surface area contributed by atoms with E-state index in [2.05, 4.69) is 51.1 Å². The molecule has 160 valence electrons. The van der Waals surface area contributed by atoms with Crippen LogP contribution in [0, 0.1) is 11.8 Å². The third kappa shape index (κ3) is 4.59. The lowest BCUT2D eigenvalue weighted by atomic mass is 9.65. The Bertz CT molecular complexity index is 684. The monoisotopic (exact) mass is 398 g/mol. The molecule has 1 aromatic carbocycles. The molecule has 2 saturated heterocycles.